The van der Waals surface area contributed by atoms with Crippen molar-refractivity contribution in [3.05, 3.63) is 55.2 Å². The van der Waals surface area contributed by atoms with Gasteiger partial charge in [0.25, 0.3) is 0 Å². The van der Waals surface area contributed by atoms with E-state index < -0.39 is 0 Å². The lowest BCUT2D eigenvalue weighted by atomic mass is 10.3. The fourth-order valence-corrected chi connectivity index (χ4v) is 4.67. The molecule has 2 rings (SSSR count). The van der Waals surface area contributed by atoms with Crippen molar-refractivity contribution in [2.24, 2.45) is 0 Å². The fourth-order valence-electron chi connectivity index (χ4n) is 1.19. The first-order chi connectivity index (χ1) is 8.59. The normalized spacial score (nSPS) is 10.7. The number of halogens is 4. The second-order valence-corrected chi connectivity index (χ2v) is 7.81. The van der Waals surface area contributed by atoms with Crippen LogP contribution in [0.5, 0.6) is 0 Å². The molecule has 0 bridgehead atoms. The topological polar surface area (TPSA) is 0 Å². The zero-order chi connectivity index (χ0) is 13.1. The van der Waals surface area contributed by atoms with E-state index in [1.165, 1.54) is 21.6 Å². The third kappa shape index (κ3) is 3.51. The van der Waals surface area contributed by atoms with Crippen LogP contribution in [0.3, 0.4) is 0 Å². The van der Waals surface area contributed by atoms with Crippen molar-refractivity contribution >= 4 is 66.8 Å². The smallest absolute Gasteiger partial charge is 0.150 e. The van der Waals surface area contributed by atoms with Gasteiger partial charge in [0, 0.05) is 7.14 Å². The van der Waals surface area contributed by atoms with Gasteiger partial charge in [-0.3, -0.25) is 0 Å². The van der Waals surface area contributed by atoms with Gasteiger partial charge in [-0.05, 0) is 91.0 Å². The molecule has 0 spiro atoms. The molecule has 0 aliphatic carbocycles. The number of hydrogen-bond donors (Lipinski definition) is 0. The quantitative estimate of drug-likeness (QED) is 0.372. The molecule has 0 radical (unpaired) electrons. The molecule has 0 saturated carbocycles. The largest absolute Gasteiger partial charge is 0.205 e. The Bertz CT molecular complexity index is 524. The first kappa shape index (κ1) is 14.9. The minimum Gasteiger partial charge on any atom is -0.205 e. The molecule has 0 fully saturated rings. The molecule has 0 saturated heterocycles. The summed E-state index contributed by atoms with van der Waals surface area (Å²) in [7, 11) is 2.46. The highest BCUT2D eigenvalue weighted by molar-refractivity contribution is 14.1. The molecule has 94 valence electrons. The van der Waals surface area contributed by atoms with Crippen LogP contribution >= 0.6 is 66.8 Å². The maximum Gasteiger partial charge on any atom is 0.150 e. The van der Waals surface area contributed by atoms with E-state index in [9.17, 15) is 8.78 Å². The van der Waals surface area contributed by atoms with Gasteiger partial charge >= 0.3 is 0 Å². The van der Waals surface area contributed by atoms with Crippen LogP contribution in [0.2, 0.25) is 0 Å². The van der Waals surface area contributed by atoms with Crippen LogP contribution in [0, 0.1) is 18.8 Å². The van der Waals surface area contributed by atoms with Crippen molar-refractivity contribution in [1.82, 2.24) is 0 Å². The van der Waals surface area contributed by atoms with E-state index in [0.717, 1.165) is 0 Å². The lowest BCUT2D eigenvalue weighted by Crippen LogP contribution is -1.86. The number of hydrogen-bond acceptors (Lipinski definition) is 2. The Morgan fingerprint density at radius 3 is 1.50 bits per heavy atom. The van der Waals surface area contributed by atoms with E-state index in [-0.39, 0.29) is 11.6 Å². The molecule has 0 nitrogen and oxygen atoms in total. The summed E-state index contributed by atoms with van der Waals surface area (Å²) in [6, 6.07) is 10.4. The Morgan fingerprint density at radius 1 is 0.722 bits per heavy atom. The van der Waals surface area contributed by atoms with Crippen molar-refractivity contribution in [3.8, 4) is 0 Å². The first-order valence-electron chi connectivity index (χ1n) is 4.82. The summed E-state index contributed by atoms with van der Waals surface area (Å²) in [5.74, 6) is -0.497. The molecular weight excluding hydrogens is 500 g/mol. The Morgan fingerprint density at radius 2 is 1.11 bits per heavy atom. The van der Waals surface area contributed by atoms with Crippen molar-refractivity contribution in [3.63, 3.8) is 0 Å². The van der Waals surface area contributed by atoms with Crippen LogP contribution < -0.4 is 0 Å². The molecule has 0 aliphatic rings. The standard InChI is InChI=1S/C12H6F2I2S2/c13-11-7(15)3-1-5-9(11)17-18-10-6-2-4-8(16)12(10)14/h1-6H. The second kappa shape index (κ2) is 6.76. The van der Waals surface area contributed by atoms with Crippen LogP contribution in [0.15, 0.2) is 46.2 Å². The lowest BCUT2D eigenvalue weighted by molar-refractivity contribution is 0.593. The summed E-state index contributed by atoms with van der Waals surface area (Å²) < 4.78 is 28.6. The van der Waals surface area contributed by atoms with E-state index in [0.29, 0.717) is 16.9 Å². The molecule has 0 N–H and O–H groups in total. The summed E-state index contributed by atoms with van der Waals surface area (Å²) in [6.45, 7) is 0. The maximum absolute atomic E-state index is 13.7. The van der Waals surface area contributed by atoms with Gasteiger partial charge in [-0.1, -0.05) is 12.1 Å². The summed E-state index contributed by atoms with van der Waals surface area (Å²) in [4.78, 5) is 1.04. The third-order valence-corrected chi connectivity index (χ3v) is 6.12. The molecule has 0 amide bonds. The van der Waals surface area contributed by atoms with Crippen molar-refractivity contribution in [1.29, 1.82) is 0 Å². The van der Waals surface area contributed by atoms with E-state index in [2.05, 4.69) is 0 Å². The summed E-state index contributed by atoms with van der Waals surface area (Å²) in [6.07, 6.45) is 0. The van der Waals surface area contributed by atoms with Gasteiger partial charge in [0.1, 0.15) is 0 Å². The van der Waals surface area contributed by atoms with Crippen LogP contribution in [0.4, 0.5) is 8.78 Å². The van der Waals surface area contributed by atoms with E-state index in [4.69, 9.17) is 0 Å². The van der Waals surface area contributed by atoms with Gasteiger partial charge in [-0.25, -0.2) is 8.78 Å². The molecule has 6 heteroatoms. The van der Waals surface area contributed by atoms with E-state index >= 15 is 0 Å². The minimum absolute atomic E-state index is 0.248. The Labute approximate surface area is 139 Å². The zero-order valence-corrected chi connectivity index (χ0v) is 14.7. The molecular formula is C12H6F2I2S2. The Balaban J connectivity index is 2.17. The highest BCUT2D eigenvalue weighted by Crippen LogP contribution is 2.40. The molecule has 0 aromatic heterocycles. The monoisotopic (exact) mass is 506 g/mol. The molecule has 0 heterocycles. The molecule has 0 unspecified atom stereocenters. The Hall–Kier alpha value is 0.460. The summed E-state index contributed by atoms with van der Waals surface area (Å²) in [5.41, 5.74) is 0. The average Bonchev–Trinajstić information content (AvgIpc) is 2.36. The summed E-state index contributed by atoms with van der Waals surface area (Å²) >= 11 is 3.89. The average molecular weight is 506 g/mol. The van der Waals surface area contributed by atoms with Crippen LogP contribution in [0.1, 0.15) is 0 Å². The van der Waals surface area contributed by atoms with Crippen molar-refractivity contribution < 1.29 is 8.78 Å². The SMILES string of the molecule is Fc1c(I)cccc1SSc1cccc(I)c1F. The van der Waals surface area contributed by atoms with Crippen molar-refractivity contribution in [2.45, 2.75) is 9.79 Å². The molecule has 18 heavy (non-hydrogen) atoms. The van der Waals surface area contributed by atoms with E-state index in [1.54, 1.807) is 36.4 Å². The lowest BCUT2D eigenvalue weighted by Gasteiger charge is -2.05. The van der Waals surface area contributed by atoms with Crippen molar-refractivity contribution in [2.75, 3.05) is 0 Å². The highest BCUT2D eigenvalue weighted by atomic mass is 127. The number of rotatable bonds is 3. The third-order valence-electron chi connectivity index (χ3n) is 2.05. The number of benzene rings is 2. The minimum atomic E-state index is -0.248. The van der Waals surface area contributed by atoms with Gasteiger partial charge in [-0.15, -0.1) is 0 Å². The van der Waals surface area contributed by atoms with E-state index in [1.807, 2.05) is 45.2 Å². The van der Waals surface area contributed by atoms with Gasteiger partial charge in [0.15, 0.2) is 11.6 Å². The van der Waals surface area contributed by atoms with Crippen LogP contribution in [-0.4, -0.2) is 0 Å². The predicted octanol–water partition coefficient (Wildman–Crippen LogP) is 5.97. The first-order valence-corrected chi connectivity index (χ1v) is 9.13. The van der Waals surface area contributed by atoms with Gasteiger partial charge < -0.3 is 0 Å². The second-order valence-electron chi connectivity index (χ2n) is 3.27. The molecule has 2 aromatic rings. The van der Waals surface area contributed by atoms with Gasteiger partial charge in [0.2, 0.25) is 0 Å². The summed E-state index contributed by atoms with van der Waals surface area (Å²) in [5, 5.41) is 0. The maximum atomic E-state index is 13.7. The van der Waals surface area contributed by atoms with Gasteiger partial charge in [0.05, 0.1) is 9.79 Å². The predicted molar refractivity (Wildman–Crippen MR) is 89.9 cm³/mol. The Kier molecular flexibility index (Phi) is 5.58. The van der Waals surface area contributed by atoms with Crippen LogP contribution in [-0.2, 0) is 0 Å². The fraction of sp³-hybridized carbons (Fsp3) is 0. The van der Waals surface area contributed by atoms with Crippen LogP contribution in [0.25, 0.3) is 0 Å². The molecule has 0 aliphatic heterocycles. The zero-order valence-electron chi connectivity index (χ0n) is 8.79. The molecule has 0 atom stereocenters. The van der Waals surface area contributed by atoms with Gasteiger partial charge in [-0.2, -0.15) is 0 Å². The highest BCUT2D eigenvalue weighted by Gasteiger charge is 2.10. The molecule has 2 aromatic carbocycles.